The van der Waals surface area contributed by atoms with Crippen molar-refractivity contribution in [2.24, 2.45) is 11.8 Å². The van der Waals surface area contributed by atoms with Gasteiger partial charge in [0.15, 0.2) is 0 Å². The van der Waals surface area contributed by atoms with Crippen LogP contribution in [0.25, 0.3) is 0 Å². The van der Waals surface area contributed by atoms with E-state index in [1.807, 2.05) is 11.0 Å². The van der Waals surface area contributed by atoms with Gasteiger partial charge >= 0.3 is 5.97 Å². The number of aliphatic carboxylic acids is 1. The van der Waals surface area contributed by atoms with E-state index in [1.54, 1.807) is 24.8 Å². The van der Waals surface area contributed by atoms with E-state index in [1.165, 1.54) is 6.07 Å². The number of nitrogens with zero attached hydrogens (tertiary/aromatic N) is 1. The topological polar surface area (TPSA) is 57.6 Å². The zero-order chi connectivity index (χ0) is 18.0. The SMILES string of the molecule is Cc1cc(SC2CCN(C(=O)C3CCC(C(=O)O)CC3)C2)ccc1F. The van der Waals surface area contributed by atoms with Crippen LogP contribution in [0.4, 0.5) is 4.39 Å². The molecule has 1 aliphatic carbocycles. The number of carbonyl (C=O) groups is 2. The molecule has 3 rings (SSSR count). The summed E-state index contributed by atoms with van der Waals surface area (Å²) in [6.45, 7) is 3.24. The molecule has 25 heavy (non-hydrogen) atoms. The number of likely N-dealkylation sites (tertiary alicyclic amines) is 1. The molecule has 0 aromatic heterocycles. The maximum atomic E-state index is 13.4. The fourth-order valence-corrected chi connectivity index (χ4v) is 5.01. The summed E-state index contributed by atoms with van der Waals surface area (Å²) in [6, 6.07) is 5.15. The van der Waals surface area contributed by atoms with Crippen molar-refractivity contribution in [2.75, 3.05) is 13.1 Å². The van der Waals surface area contributed by atoms with Gasteiger partial charge in [-0.15, -0.1) is 11.8 Å². The van der Waals surface area contributed by atoms with E-state index in [-0.39, 0.29) is 23.6 Å². The molecule has 1 heterocycles. The minimum Gasteiger partial charge on any atom is -0.481 e. The molecule has 0 spiro atoms. The Morgan fingerprint density at radius 3 is 2.48 bits per heavy atom. The molecule has 1 aromatic carbocycles. The average Bonchev–Trinajstić information content (AvgIpc) is 3.06. The second kappa shape index (κ2) is 7.77. The Bertz CT molecular complexity index is 658. The molecule has 1 atom stereocenters. The van der Waals surface area contributed by atoms with E-state index in [9.17, 15) is 14.0 Å². The van der Waals surface area contributed by atoms with Crippen LogP contribution in [0.3, 0.4) is 0 Å². The van der Waals surface area contributed by atoms with Crippen LogP contribution in [0.1, 0.15) is 37.7 Å². The van der Waals surface area contributed by atoms with Crippen LogP contribution >= 0.6 is 11.8 Å². The normalized spacial score (nSPS) is 26.6. The minimum absolute atomic E-state index is 0.0209. The van der Waals surface area contributed by atoms with Gasteiger partial charge in [-0.05, 0) is 62.8 Å². The van der Waals surface area contributed by atoms with E-state index in [2.05, 4.69) is 0 Å². The Labute approximate surface area is 151 Å². The lowest BCUT2D eigenvalue weighted by molar-refractivity contribution is -0.145. The highest BCUT2D eigenvalue weighted by molar-refractivity contribution is 8.00. The van der Waals surface area contributed by atoms with Gasteiger partial charge in [0.2, 0.25) is 5.91 Å². The average molecular weight is 365 g/mol. The van der Waals surface area contributed by atoms with Crippen molar-refractivity contribution in [3.8, 4) is 0 Å². The highest BCUT2D eigenvalue weighted by Crippen LogP contribution is 2.34. The molecule has 0 radical (unpaired) electrons. The van der Waals surface area contributed by atoms with Crippen LogP contribution in [-0.4, -0.2) is 40.2 Å². The van der Waals surface area contributed by atoms with Gasteiger partial charge in [-0.3, -0.25) is 9.59 Å². The third-order valence-corrected chi connectivity index (χ3v) is 6.56. The molecular formula is C19H24FNO3S. The number of carboxylic acid groups (broad SMARTS) is 1. The third-order valence-electron chi connectivity index (χ3n) is 5.31. The van der Waals surface area contributed by atoms with Gasteiger partial charge in [0.1, 0.15) is 5.82 Å². The number of hydrogen-bond donors (Lipinski definition) is 1. The lowest BCUT2D eigenvalue weighted by Gasteiger charge is -2.28. The zero-order valence-electron chi connectivity index (χ0n) is 14.4. The molecule has 1 amide bonds. The maximum Gasteiger partial charge on any atom is 0.306 e. The van der Waals surface area contributed by atoms with Crippen LogP contribution in [-0.2, 0) is 9.59 Å². The monoisotopic (exact) mass is 365 g/mol. The van der Waals surface area contributed by atoms with Crippen LogP contribution in [0.2, 0.25) is 0 Å². The summed E-state index contributed by atoms with van der Waals surface area (Å²) in [5, 5.41) is 9.40. The van der Waals surface area contributed by atoms with E-state index in [4.69, 9.17) is 5.11 Å². The van der Waals surface area contributed by atoms with Gasteiger partial charge in [0.05, 0.1) is 5.92 Å². The lowest BCUT2D eigenvalue weighted by atomic mass is 9.81. The van der Waals surface area contributed by atoms with E-state index in [0.717, 1.165) is 24.4 Å². The summed E-state index contributed by atoms with van der Waals surface area (Å²) < 4.78 is 13.4. The van der Waals surface area contributed by atoms with Gasteiger partial charge in [0, 0.05) is 29.2 Å². The van der Waals surface area contributed by atoms with Crippen LogP contribution < -0.4 is 0 Å². The van der Waals surface area contributed by atoms with Gasteiger partial charge in [-0.2, -0.15) is 0 Å². The number of amides is 1. The molecule has 136 valence electrons. The molecule has 4 nitrogen and oxygen atoms in total. The Balaban J connectivity index is 1.51. The second-order valence-corrected chi connectivity index (χ2v) is 8.48. The fraction of sp³-hybridized carbons (Fsp3) is 0.579. The Kier molecular flexibility index (Phi) is 5.67. The molecule has 1 aromatic rings. The van der Waals surface area contributed by atoms with Crippen LogP contribution in [0.5, 0.6) is 0 Å². The van der Waals surface area contributed by atoms with Crippen molar-refractivity contribution in [1.29, 1.82) is 0 Å². The molecule has 2 fully saturated rings. The largest absolute Gasteiger partial charge is 0.481 e. The predicted molar refractivity (Wildman–Crippen MR) is 95.1 cm³/mol. The Hall–Kier alpha value is -1.56. The Morgan fingerprint density at radius 2 is 1.84 bits per heavy atom. The number of halogens is 1. The number of aryl methyl sites for hydroxylation is 1. The molecule has 1 unspecified atom stereocenters. The fourth-order valence-electron chi connectivity index (χ4n) is 3.75. The molecule has 1 N–H and O–H groups in total. The Morgan fingerprint density at radius 1 is 1.16 bits per heavy atom. The lowest BCUT2D eigenvalue weighted by Crippen LogP contribution is -2.37. The number of thioether (sulfide) groups is 1. The van der Waals surface area contributed by atoms with Crippen molar-refractivity contribution in [3.05, 3.63) is 29.6 Å². The highest BCUT2D eigenvalue weighted by Gasteiger charge is 2.35. The van der Waals surface area contributed by atoms with Gasteiger partial charge in [-0.1, -0.05) is 0 Å². The van der Waals surface area contributed by atoms with Crippen LogP contribution in [0, 0.1) is 24.6 Å². The number of carboxylic acids is 1. The van der Waals surface area contributed by atoms with Crippen LogP contribution in [0.15, 0.2) is 23.1 Å². The first-order chi connectivity index (χ1) is 11.9. The molecule has 1 aliphatic heterocycles. The predicted octanol–water partition coefficient (Wildman–Crippen LogP) is 3.72. The first-order valence-corrected chi connectivity index (χ1v) is 9.76. The summed E-state index contributed by atoms with van der Waals surface area (Å²) >= 11 is 1.71. The van der Waals surface area contributed by atoms with Gasteiger partial charge in [-0.25, -0.2) is 4.39 Å². The summed E-state index contributed by atoms with van der Waals surface area (Å²) in [4.78, 5) is 26.7. The molecule has 0 bridgehead atoms. The maximum absolute atomic E-state index is 13.4. The number of hydrogen-bond acceptors (Lipinski definition) is 3. The zero-order valence-corrected chi connectivity index (χ0v) is 15.2. The van der Waals surface area contributed by atoms with Crippen molar-refractivity contribution < 1.29 is 19.1 Å². The summed E-state index contributed by atoms with van der Waals surface area (Å²) in [7, 11) is 0. The minimum atomic E-state index is -0.738. The smallest absolute Gasteiger partial charge is 0.306 e. The molecule has 1 saturated carbocycles. The third kappa shape index (κ3) is 4.35. The first-order valence-electron chi connectivity index (χ1n) is 8.88. The highest BCUT2D eigenvalue weighted by atomic mass is 32.2. The molecule has 2 aliphatic rings. The summed E-state index contributed by atoms with van der Waals surface area (Å²) in [6.07, 6.45) is 3.51. The number of benzene rings is 1. The first kappa shape index (κ1) is 18.2. The van der Waals surface area contributed by atoms with Gasteiger partial charge < -0.3 is 10.0 Å². The standard InChI is InChI=1S/C19H24FNO3S/c1-12-10-15(6-7-17(12)20)25-16-8-9-21(11-16)18(22)13-2-4-14(5-3-13)19(23)24/h6-7,10,13-14,16H,2-5,8-9,11H2,1H3,(H,23,24). The quantitative estimate of drug-likeness (QED) is 0.884. The summed E-state index contributed by atoms with van der Waals surface area (Å²) in [5.41, 5.74) is 0.645. The van der Waals surface area contributed by atoms with Crippen molar-refractivity contribution >= 4 is 23.6 Å². The molecule has 6 heteroatoms. The number of rotatable bonds is 4. The van der Waals surface area contributed by atoms with Crippen molar-refractivity contribution in [2.45, 2.75) is 49.2 Å². The van der Waals surface area contributed by atoms with E-state index in [0.29, 0.717) is 36.5 Å². The number of carbonyl (C=O) groups excluding carboxylic acids is 1. The second-order valence-electron chi connectivity index (χ2n) is 7.11. The van der Waals surface area contributed by atoms with E-state index < -0.39 is 5.97 Å². The van der Waals surface area contributed by atoms with Crippen molar-refractivity contribution in [1.82, 2.24) is 4.90 Å². The van der Waals surface area contributed by atoms with E-state index >= 15 is 0 Å². The van der Waals surface area contributed by atoms with Gasteiger partial charge in [0.25, 0.3) is 0 Å². The molecule has 1 saturated heterocycles. The summed E-state index contributed by atoms with van der Waals surface area (Å²) in [5.74, 6) is -1.05. The molecular weight excluding hydrogens is 341 g/mol. The van der Waals surface area contributed by atoms with Crippen molar-refractivity contribution in [3.63, 3.8) is 0 Å².